The van der Waals surface area contributed by atoms with Gasteiger partial charge in [0.25, 0.3) is 0 Å². The van der Waals surface area contributed by atoms with Gasteiger partial charge >= 0.3 is 0 Å². The Morgan fingerprint density at radius 2 is 2.08 bits per heavy atom. The largest absolute Gasteiger partial charge is 0.381 e. The van der Waals surface area contributed by atoms with Crippen LogP contribution in [-0.2, 0) is 14.3 Å². The fourth-order valence-corrected chi connectivity index (χ4v) is 4.64. The van der Waals surface area contributed by atoms with Crippen LogP contribution < -0.4 is 0 Å². The summed E-state index contributed by atoms with van der Waals surface area (Å²) in [4.78, 5) is 29.5. The van der Waals surface area contributed by atoms with E-state index in [4.69, 9.17) is 4.74 Å². The van der Waals surface area contributed by atoms with Crippen LogP contribution in [0, 0.1) is 11.3 Å². The quantitative estimate of drug-likeness (QED) is 0.827. The van der Waals surface area contributed by atoms with E-state index in [1.165, 1.54) is 5.56 Å². The molecule has 4 rings (SSSR count). The Labute approximate surface area is 142 Å². The van der Waals surface area contributed by atoms with Crippen LogP contribution in [0.25, 0.3) is 0 Å². The Morgan fingerprint density at radius 1 is 1.29 bits per heavy atom. The maximum Gasteiger partial charge on any atom is 0.231 e. The second-order valence-electron chi connectivity index (χ2n) is 7.38. The van der Waals surface area contributed by atoms with Gasteiger partial charge in [0, 0.05) is 39.2 Å². The summed E-state index contributed by atoms with van der Waals surface area (Å²) in [6, 6.07) is 10.3. The van der Waals surface area contributed by atoms with E-state index in [2.05, 4.69) is 12.1 Å². The Kier molecular flexibility index (Phi) is 3.83. The highest BCUT2D eigenvalue weighted by Gasteiger charge is 2.57. The summed E-state index contributed by atoms with van der Waals surface area (Å²) in [5.74, 6) is 0.492. The predicted octanol–water partition coefficient (Wildman–Crippen LogP) is 1.50. The lowest BCUT2D eigenvalue weighted by Crippen LogP contribution is -2.41. The molecule has 0 aliphatic carbocycles. The van der Waals surface area contributed by atoms with E-state index in [0.717, 1.165) is 19.4 Å². The van der Waals surface area contributed by atoms with Crippen molar-refractivity contribution in [3.63, 3.8) is 0 Å². The van der Waals surface area contributed by atoms with Gasteiger partial charge in [0.15, 0.2) is 0 Å². The molecular formula is C19H24N2O3. The molecule has 0 saturated carbocycles. The molecule has 3 heterocycles. The van der Waals surface area contributed by atoms with Crippen molar-refractivity contribution in [2.75, 3.05) is 39.9 Å². The summed E-state index contributed by atoms with van der Waals surface area (Å²) in [5.41, 5.74) is 0.749. The smallest absolute Gasteiger partial charge is 0.231 e. The van der Waals surface area contributed by atoms with E-state index in [-0.39, 0.29) is 23.7 Å². The van der Waals surface area contributed by atoms with Crippen LogP contribution in [0.1, 0.15) is 24.3 Å². The molecule has 0 unspecified atom stereocenters. The Balaban J connectivity index is 1.60. The van der Waals surface area contributed by atoms with Gasteiger partial charge in [0.1, 0.15) is 0 Å². The molecule has 1 aromatic carbocycles. The number of likely N-dealkylation sites (N-methyl/N-ethyl adjacent to an activating group) is 1. The van der Waals surface area contributed by atoms with E-state index in [1.54, 1.807) is 0 Å². The molecular weight excluding hydrogens is 304 g/mol. The first-order valence-corrected chi connectivity index (χ1v) is 8.79. The SMILES string of the molecule is CN1C[C@H](c2ccccc2)[C@@]2(CCN(C(=O)[C@@H]3CCOC3)C2)C1=O. The molecule has 3 atom stereocenters. The zero-order valence-corrected chi connectivity index (χ0v) is 14.1. The van der Waals surface area contributed by atoms with Gasteiger partial charge in [-0.15, -0.1) is 0 Å². The minimum Gasteiger partial charge on any atom is -0.381 e. The van der Waals surface area contributed by atoms with E-state index < -0.39 is 5.41 Å². The Bertz CT molecular complexity index is 641. The summed E-state index contributed by atoms with van der Waals surface area (Å²) in [6.07, 6.45) is 1.56. The maximum absolute atomic E-state index is 13.0. The van der Waals surface area contributed by atoms with Crippen molar-refractivity contribution in [2.45, 2.75) is 18.8 Å². The average molecular weight is 328 g/mol. The molecule has 24 heavy (non-hydrogen) atoms. The van der Waals surface area contributed by atoms with Gasteiger partial charge in [0.2, 0.25) is 11.8 Å². The van der Waals surface area contributed by atoms with Gasteiger partial charge in [-0.05, 0) is 18.4 Å². The number of carbonyl (C=O) groups is 2. The van der Waals surface area contributed by atoms with Crippen molar-refractivity contribution < 1.29 is 14.3 Å². The zero-order chi connectivity index (χ0) is 16.7. The normalized spacial score (nSPS) is 33.0. The first-order valence-electron chi connectivity index (χ1n) is 8.79. The van der Waals surface area contributed by atoms with Crippen LogP contribution in [0.5, 0.6) is 0 Å². The number of nitrogens with zero attached hydrogens (tertiary/aromatic N) is 2. The van der Waals surface area contributed by atoms with Crippen molar-refractivity contribution in [3.8, 4) is 0 Å². The van der Waals surface area contributed by atoms with Gasteiger partial charge in [-0.25, -0.2) is 0 Å². The van der Waals surface area contributed by atoms with Crippen LogP contribution in [0.15, 0.2) is 30.3 Å². The number of likely N-dealkylation sites (tertiary alicyclic amines) is 2. The van der Waals surface area contributed by atoms with Crippen LogP contribution in [-0.4, -0.2) is 61.5 Å². The van der Waals surface area contributed by atoms with Gasteiger partial charge in [-0.2, -0.15) is 0 Å². The van der Waals surface area contributed by atoms with Crippen molar-refractivity contribution in [3.05, 3.63) is 35.9 Å². The highest BCUT2D eigenvalue weighted by Crippen LogP contribution is 2.49. The minimum absolute atomic E-state index is 0.0236. The number of hydrogen-bond donors (Lipinski definition) is 0. The van der Waals surface area contributed by atoms with E-state index >= 15 is 0 Å². The second-order valence-corrected chi connectivity index (χ2v) is 7.38. The number of hydrogen-bond acceptors (Lipinski definition) is 3. The molecule has 1 aromatic rings. The number of carbonyl (C=O) groups excluding carboxylic acids is 2. The third-order valence-electron chi connectivity index (χ3n) is 5.99. The summed E-state index contributed by atoms with van der Waals surface area (Å²) in [7, 11) is 1.88. The Morgan fingerprint density at radius 3 is 2.79 bits per heavy atom. The third kappa shape index (κ3) is 2.34. The van der Waals surface area contributed by atoms with Crippen LogP contribution in [0.3, 0.4) is 0 Å². The predicted molar refractivity (Wildman–Crippen MR) is 89.4 cm³/mol. The van der Waals surface area contributed by atoms with E-state index in [9.17, 15) is 9.59 Å². The summed E-state index contributed by atoms with van der Waals surface area (Å²) >= 11 is 0. The first-order chi connectivity index (χ1) is 11.6. The summed E-state index contributed by atoms with van der Waals surface area (Å²) in [6.45, 7) is 3.16. The van der Waals surface area contributed by atoms with Crippen LogP contribution in [0.2, 0.25) is 0 Å². The molecule has 0 N–H and O–H groups in total. The number of benzene rings is 1. The van der Waals surface area contributed by atoms with Gasteiger partial charge in [-0.1, -0.05) is 30.3 Å². The molecule has 1 spiro atoms. The standard InChI is InChI=1S/C19H24N2O3/c1-20-11-16(14-5-3-2-4-6-14)19(18(20)23)8-9-21(13-19)17(22)15-7-10-24-12-15/h2-6,15-16H,7-13H2,1H3/t15-,16-,19+/m1/s1. The molecule has 3 aliphatic heterocycles. The number of ether oxygens (including phenoxy) is 1. The summed E-state index contributed by atoms with van der Waals surface area (Å²) in [5, 5.41) is 0. The molecule has 0 radical (unpaired) electrons. The minimum atomic E-state index is -0.453. The fourth-order valence-electron chi connectivity index (χ4n) is 4.64. The second kappa shape index (κ2) is 5.88. The molecule has 128 valence electrons. The molecule has 0 bridgehead atoms. The lowest BCUT2D eigenvalue weighted by molar-refractivity contribution is -0.137. The molecule has 3 saturated heterocycles. The maximum atomic E-state index is 13.0. The molecule has 0 aromatic heterocycles. The molecule has 5 heteroatoms. The Hall–Kier alpha value is -1.88. The molecule has 2 amide bonds. The van der Waals surface area contributed by atoms with E-state index in [0.29, 0.717) is 26.3 Å². The van der Waals surface area contributed by atoms with E-state index in [1.807, 2.05) is 35.0 Å². The number of amides is 2. The van der Waals surface area contributed by atoms with Crippen molar-refractivity contribution in [1.82, 2.24) is 9.80 Å². The molecule has 3 fully saturated rings. The van der Waals surface area contributed by atoms with Crippen molar-refractivity contribution >= 4 is 11.8 Å². The van der Waals surface area contributed by atoms with Gasteiger partial charge in [-0.3, -0.25) is 9.59 Å². The lowest BCUT2D eigenvalue weighted by atomic mass is 9.73. The highest BCUT2D eigenvalue weighted by atomic mass is 16.5. The van der Waals surface area contributed by atoms with Crippen molar-refractivity contribution in [2.24, 2.45) is 11.3 Å². The summed E-state index contributed by atoms with van der Waals surface area (Å²) < 4.78 is 5.36. The topological polar surface area (TPSA) is 49.9 Å². The molecule has 3 aliphatic rings. The monoisotopic (exact) mass is 328 g/mol. The average Bonchev–Trinajstić information content (AvgIpc) is 3.33. The highest BCUT2D eigenvalue weighted by molar-refractivity contribution is 5.89. The van der Waals surface area contributed by atoms with Crippen LogP contribution >= 0.6 is 0 Å². The fraction of sp³-hybridized carbons (Fsp3) is 0.579. The van der Waals surface area contributed by atoms with Crippen molar-refractivity contribution in [1.29, 1.82) is 0 Å². The molecule has 5 nitrogen and oxygen atoms in total. The van der Waals surface area contributed by atoms with Gasteiger partial charge < -0.3 is 14.5 Å². The zero-order valence-electron chi connectivity index (χ0n) is 14.1. The third-order valence-corrected chi connectivity index (χ3v) is 5.99. The van der Waals surface area contributed by atoms with Crippen LogP contribution in [0.4, 0.5) is 0 Å². The van der Waals surface area contributed by atoms with Gasteiger partial charge in [0.05, 0.1) is 17.9 Å². The lowest BCUT2D eigenvalue weighted by Gasteiger charge is -2.29. The first kappa shape index (κ1) is 15.6. The number of rotatable bonds is 2.